The molecule has 10 nitrogen and oxygen atoms in total. The number of ether oxygens (including phenoxy) is 1. The molecule has 2 aromatic carbocycles. The van der Waals surface area contributed by atoms with Gasteiger partial charge in [0.05, 0.1) is 17.4 Å². The molecule has 0 unspecified atom stereocenters. The third-order valence-electron chi connectivity index (χ3n) is 8.05. The molecular formula is C35H36F3N5O5. The first-order valence-corrected chi connectivity index (χ1v) is 15.3. The molecule has 252 valence electrons. The Labute approximate surface area is 275 Å². The van der Waals surface area contributed by atoms with E-state index in [-0.39, 0.29) is 22.3 Å². The van der Waals surface area contributed by atoms with Crippen LogP contribution in [0.1, 0.15) is 35.3 Å². The molecular weight excluding hydrogens is 627 g/mol. The zero-order valence-electron chi connectivity index (χ0n) is 27.3. The van der Waals surface area contributed by atoms with Gasteiger partial charge in [0, 0.05) is 60.3 Å². The summed E-state index contributed by atoms with van der Waals surface area (Å²) in [7, 11) is 2.05. The number of rotatable bonds is 8. The van der Waals surface area contributed by atoms with Crippen molar-refractivity contribution in [1.29, 1.82) is 0 Å². The molecule has 0 spiro atoms. The number of benzene rings is 2. The Kier molecular flexibility index (Phi) is 9.62. The average Bonchev–Trinajstić information content (AvgIpc) is 3.34. The summed E-state index contributed by atoms with van der Waals surface area (Å²) in [5.41, 5.74) is 3.96. The molecule has 0 radical (unpaired) electrons. The maximum absolute atomic E-state index is 13.7. The van der Waals surface area contributed by atoms with Gasteiger partial charge in [-0.1, -0.05) is 24.8 Å². The predicted molar refractivity (Wildman–Crippen MR) is 177 cm³/mol. The largest absolute Gasteiger partial charge is 0.493 e. The van der Waals surface area contributed by atoms with Crippen molar-refractivity contribution in [3.05, 3.63) is 78.0 Å². The Morgan fingerprint density at radius 1 is 1.00 bits per heavy atom. The third-order valence-corrected chi connectivity index (χ3v) is 8.05. The van der Waals surface area contributed by atoms with Gasteiger partial charge in [0.25, 0.3) is 0 Å². The van der Waals surface area contributed by atoms with Crippen molar-refractivity contribution >= 4 is 40.3 Å². The summed E-state index contributed by atoms with van der Waals surface area (Å²) in [6.07, 6.45) is -3.49. The lowest BCUT2D eigenvalue weighted by atomic mass is 9.93. The van der Waals surface area contributed by atoms with Gasteiger partial charge in [0.1, 0.15) is 0 Å². The Balaban J connectivity index is 1.81. The van der Waals surface area contributed by atoms with E-state index in [1.807, 2.05) is 25.2 Å². The monoisotopic (exact) mass is 663 g/mol. The number of amides is 1. The molecule has 1 saturated heterocycles. The number of aromatic nitrogens is 2. The fourth-order valence-corrected chi connectivity index (χ4v) is 5.62. The van der Waals surface area contributed by atoms with Crippen LogP contribution in [0.25, 0.3) is 33.4 Å². The number of fused-ring (bicyclic) bond motifs is 1. The van der Waals surface area contributed by atoms with Crippen molar-refractivity contribution in [2.45, 2.75) is 40.0 Å². The molecule has 1 N–H and O–H groups in total. The molecule has 48 heavy (non-hydrogen) atoms. The van der Waals surface area contributed by atoms with E-state index >= 15 is 0 Å². The number of aryl methyl sites for hydroxylation is 2. The first kappa shape index (κ1) is 34.2. The van der Waals surface area contributed by atoms with E-state index in [1.54, 1.807) is 45.9 Å². The van der Waals surface area contributed by atoms with Crippen molar-refractivity contribution < 1.29 is 37.1 Å². The Bertz CT molecular complexity index is 1890. The Morgan fingerprint density at radius 2 is 1.67 bits per heavy atom. The molecule has 1 aliphatic rings. The van der Waals surface area contributed by atoms with Gasteiger partial charge in [-0.15, -0.1) is 0 Å². The van der Waals surface area contributed by atoms with Crippen LogP contribution in [0, 0.1) is 13.8 Å². The van der Waals surface area contributed by atoms with Crippen LogP contribution in [0.3, 0.4) is 0 Å². The minimum Gasteiger partial charge on any atom is -0.459 e. The number of nitrogens with one attached hydrogen (secondary N) is 1. The molecule has 0 atom stereocenters. The van der Waals surface area contributed by atoms with Crippen LogP contribution in [-0.4, -0.2) is 78.0 Å². The van der Waals surface area contributed by atoms with E-state index in [2.05, 4.69) is 26.7 Å². The summed E-state index contributed by atoms with van der Waals surface area (Å²) < 4.78 is 47.1. The van der Waals surface area contributed by atoms with Crippen LogP contribution in [0.2, 0.25) is 0 Å². The number of likely N-dealkylation sites (N-methyl/N-ethyl adjacent to an activating group) is 1. The standard InChI is InChI=1S/C35H36F3N5O5/c1-7-29(44)40-28-18-26(21(4)16-22(28)5)30-27-17-24(33(45)47-20(2)3)19-39-32(27)43(48-34(46)35(36,37)38)31(30)23-8-10-25(11-9-23)42-14-12-41(6)13-15-42/h7-11,16-20H,1,12-15H2,2-6H3,(H,40,44). The lowest BCUT2D eigenvalue weighted by Crippen LogP contribution is -2.44. The first-order valence-electron chi connectivity index (χ1n) is 15.3. The summed E-state index contributed by atoms with van der Waals surface area (Å²) in [6.45, 7) is 13.8. The van der Waals surface area contributed by atoms with Crippen LogP contribution in [0.4, 0.5) is 24.5 Å². The zero-order chi connectivity index (χ0) is 34.9. The number of anilines is 2. The van der Waals surface area contributed by atoms with Crippen LogP contribution in [0.5, 0.6) is 0 Å². The summed E-state index contributed by atoms with van der Waals surface area (Å²) >= 11 is 0. The molecule has 5 rings (SSSR count). The summed E-state index contributed by atoms with van der Waals surface area (Å²) in [5, 5.41) is 2.98. The Morgan fingerprint density at radius 3 is 2.27 bits per heavy atom. The van der Waals surface area contributed by atoms with Gasteiger partial charge in [-0.3, -0.25) is 4.79 Å². The number of hydrogen-bond donors (Lipinski definition) is 1. The fourth-order valence-electron chi connectivity index (χ4n) is 5.62. The van der Waals surface area contributed by atoms with Crippen LogP contribution < -0.4 is 15.1 Å². The number of esters is 1. The molecule has 4 aromatic rings. The normalized spacial score (nSPS) is 13.9. The topological polar surface area (TPSA) is 106 Å². The van der Waals surface area contributed by atoms with E-state index in [0.29, 0.717) is 27.9 Å². The molecule has 13 heteroatoms. The van der Waals surface area contributed by atoms with Crippen molar-refractivity contribution in [1.82, 2.24) is 14.6 Å². The van der Waals surface area contributed by atoms with E-state index in [9.17, 15) is 27.6 Å². The highest BCUT2D eigenvalue weighted by Crippen LogP contribution is 2.43. The SMILES string of the molecule is C=CC(=O)Nc1cc(-c2c(-c3ccc(N4CCN(C)CC4)cc3)n(OC(=O)C(F)(F)F)c3ncc(C(=O)OC(C)C)cc23)c(C)cc1C. The number of hydrogen-bond acceptors (Lipinski definition) is 8. The second kappa shape index (κ2) is 13.5. The van der Waals surface area contributed by atoms with Gasteiger partial charge >= 0.3 is 18.1 Å². The summed E-state index contributed by atoms with van der Waals surface area (Å²) in [5.74, 6) is -3.61. The average molecular weight is 664 g/mol. The van der Waals surface area contributed by atoms with Gasteiger partial charge in [0.15, 0.2) is 5.65 Å². The molecule has 0 bridgehead atoms. The zero-order valence-corrected chi connectivity index (χ0v) is 27.3. The number of halogens is 3. The molecule has 1 fully saturated rings. The maximum atomic E-state index is 13.7. The number of alkyl halides is 3. The summed E-state index contributed by atoms with van der Waals surface area (Å²) in [4.78, 5) is 51.5. The highest BCUT2D eigenvalue weighted by atomic mass is 19.4. The highest BCUT2D eigenvalue weighted by Gasteiger charge is 2.43. The minimum absolute atomic E-state index is 0.0404. The fraction of sp³-hybridized carbons (Fsp3) is 0.314. The Hall–Kier alpha value is -5.17. The molecule has 1 amide bonds. The van der Waals surface area contributed by atoms with Crippen LogP contribution in [-0.2, 0) is 14.3 Å². The second-order valence-corrected chi connectivity index (χ2v) is 12.0. The molecule has 3 heterocycles. The van der Waals surface area contributed by atoms with E-state index in [4.69, 9.17) is 9.57 Å². The van der Waals surface area contributed by atoms with Gasteiger partial charge in [-0.05, 0) is 81.8 Å². The smallest absolute Gasteiger partial charge is 0.459 e. The third kappa shape index (κ3) is 7.05. The molecule has 0 saturated carbocycles. The first-order chi connectivity index (χ1) is 22.7. The van der Waals surface area contributed by atoms with E-state index < -0.39 is 30.1 Å². The minimum atomic E-state index is -5.32. The van der Waals surface area contributed by atoms with E-state index in [1.165, 1.54) is 6.07 Å². The van der Waals surface area contributed by atoms with Crippen molar-refractivity contribution in [2.75, 3.05) is 43.4 Å². The molecule has 1 aliphatic heterocycles. The van der Waals surface area contributed by atoms with Crippen molar-refractivity contribution in [3.8, 4) is 22.4 Å². The number of nitrogens with zero attached hydrogens (tertiary/aromatic N) is 4. The predicted octanol–water partition coefficient (Wildman–Crippen LogP) is 5.95. The lowest BCUT2D eigenvalue weighted by molar-refractivity contribution is -0.199. The van der Waals surface area contributed by atoms with Gasteiger partial charge in [0.2, 0.25) is 5.91 Å². The second-order valence-electron chi connectivity index (χ2n) is 12.0. The quantitative estimate of drug-likeness (QED) is 0.182. The van der Waals surface area contributed by atoms with Crippen molar-refractivity contribution in [3.63, 3.8) is 0 Å². The molecule has 2 aromatic heterocycles. The number of carbonyl (C=O) groups is 3. The van der Waals surface area contributed by atoms with Crippen molar-refractivity contribution in [2.24, 2.45) is 0 Å². The van der Waals surface area contributed by atoms with Crippen LogP contribution >= 0.6 is 0 Å². The van der Waals surface area contributed by atoms with Gasteiger partial charge in [-0.25, -0.2) is 14.6 Å². The number of carbonyl (C=O) groups excluding carboxylic acids is 3. The van der Waals surface area contributed by atoms with Gasteiger partial charge in [-0.2, -0.15) is 17.9 Å². The van der Waals surface area contributed by atoms with E-state index in [0.717, 1.165) is 54.4 Å². The number of piperazine rings is 1. The van der Waals surface area contributed by atoms with Gasteiger partial charge < -0.3 is 24.7 Å². The highest BCUT2D eigenvalue weighted by molar-refractivity contribution is 6.07. The van der Waals surface area contributed by atoms with Crippen LogP contribution in [0.15, 0.2) is 61.3 Å². The lowest BCUT2D eigenvalue weighted by Gasteiger charge is -2.34. The summed E-state index contributed by atoms with van der Waals surface area (Å²) in [6, 6.07) is 12.1. The maximum Gasteiger partial charge on any atom is 0.493 e. The number of pyridine rings is 1. The molecule has 0 aliphatic carbocycles.